The van der Waals surface area contributed by atoms with Crippen molar-refractivity contribution in [2.45, 2.75) is 19.8 Å². The maximum Gasteiger partial charge on any atom is 0.0589 e. The fourth-order valence-corrected chi connectivity index (χ4v) is 2.19. The highest BCUT2D eigenvalue weighted by atomic mass is 16.5. The molecule has 1 saturated heterocycles. The molecule has 0 aromatic carbocycles. The van der Waals surface area contributed by atoms with Crippen LogP contribution < -0.4 is 0 Å². The monoisotopic (exact) mass is 231 g/mol. The molecule has 96 valence electrons. The largest absolute Gasteiger partial charge is 0.395 e. The van der Waals surface area contributed by atoms with Crippen molar-refractivity contribution < 1.29 is 14.6 Å². The molecule has 1 fully saturated rings. The molecule has 0 unspecified atom stereocenters. The van der Waals surface area contributed by atoms with Gasteiger partial charge in [0.15, 0.2) is 0 Å². The van der Waals surface area contributed by atoms with E-state index in [1.807, 2.05) is 0 Å². The quantitative estimate of drug-likeness (QED) is 0.702. The molecule has 1 rings (SSSR count). The maximum absolute atomic E-state index is 9.04. The van der Waals surface area contributed by atoms with Gasteiger partial charge in [-0.2, -0.15) is 0 Å². The van der Waals surface area contributed by atoms with E-state index in [1.165, 1.54) is 0 Å². The zero-order valence-electron chi connectivity index (χ0n) is 10.6. The molecular weight excluding hydrogens is 206 g/mol. The fourth-order valence-electron chi connectivity index (χ4n) is 2.19. The van der Waals surface area contributed by atoms with Crippen LogP contribution in [0.1, 0.15) is 19.8 Å². The SMILES string of the molecule is COCCN(CCO)CC1(C)CCOCC1. The Kier molecular flexibility index (Phi) is 6.28. The summed E-state index contributed by atoms with van der Waals surface area (Å²) in [5.74, 6) is 0. The van der Waals surface area contributed by atoms with Crippen molar-refractivity contribution in [3.05, 3.63) is 0 Å². The molecule has 0 aromatic rings. The van der Waals surface area contributed by atoms with Gasteiger partial charge in [0.25, 0.3) is 0 Å². The Hall–Kier alpha value is -0.160. The van der Waals surface area contributed by atoms with Gasteiger partial charge in [-0.15, -0.1) is 0 Å². The van der Waals surface area contributed by atoms with Gasteiger partial charge in [-0.25, -0.2) is 0 Å². The molecule has 0 saturated carbocycles. The van der Waals surface area contributed by atoms with Crippen LogP contribution in [-0.2, 0) is 9.47 Å². The third kappa shape index (κ3) is 4.78. The average Bonchev–Trinajstić information content (AvgIpc) is 2.27. The zero-order valence-corrected chi connectivity index (χ0v) is 10.6. The van der Waals surface area contributed by atoms with Crippen molar-refractivity contribution in [2.24, 2.45) is 5.41 Å². The predicted octanol–water partition coefficient (Wildman–Crippen LogP) is 0.744. The number of aliphatic hydroxyl groups is 1. The number of ether oxygens (including phenoxy) is 2. The van der Waals surface area contributed by atoms with Gasteiger partial charge in [-0.1, -0.05) is 6.92 Å². The molecule has 0 bridgehead atoms. The summed E-state index contributed by atoms with van der Waals surface area (Å²) >= 11 is 0. The van der Waals surface area contributed by atoms with E-state index in [0.29, 0.717) is 5.41 Å². The highest BCUT2D eigenvalue weighted by Gasteiger charge is 2.29. The van der Waals surface area contributed by atoms with E-state index in [1.54, 1.807) is 7.11 Å². The third-order valence-corrected chi connectivity index (χ3v) is 3.33. The van der Waals surface area contributed by atoms with Gasteiger partial charge < -0.3 is 14.6 Å². The Morgan fingerprint density at radius 3 is 2.56 bits per heavy atom. The molecule has 16 heavy (non-hydrogen) atoms. The summed E-state index contributed by atoms with van der Waals surface area (Å²) in [6, 6.07) is 0. The molecular formula is C12H25NO3. The minimum atomic E-state index is 0.219. The van der Waals surface area contributed by atoms with Crippen LogP contribution in [0.3, 0.4) is 0 Å². The minimum absolute atomic E-state index is 0.219. The first-order valence-electron chi connectivity index (χ1n) is 6.10. The molecule has 0 aliphatic carbocycles. The molecule has 4 heteroatoms. The number of aliphatic hydroxyl groups excluding tert-OH is 1. The second-order valence-corrected chi connectivity index (χ2v) is 4.92. The number of methoxy groups -OCH3 is 1. The van der Waals surface area contributed by atoms with Gasteiger partial charge in [-0.3, -0.25) is 4.90 Å². The molecule has 0 radical (unpaired) electrons. The Labute approximate surface area is 98.5 Å². The fraction of sp³-hybridized carbons (Fsp3) is 1.00. The predicted molar refractivity (Wildman–Crippen MR) is 63.6 cm³/mol. The molecule has 4 nitrogen and oxygen atoms in total. The molecule has 1 N–H and O–H groups in total. The molecule has 1 aliphatic heterocycles. The Balaban J connectivity index is 2.38. The van der Waals surface area contributed by atoms with Gasteiger partial charge in [-0.05, 0) is 18.3 Å². The lowest BCUT2D eigenvalue weighted by Gasteiger charge is -2.38. The zero-order chi connectivity index (χ0) is 11.9. The second-order valence-electron chi connectivity index (χ2n) is 4.92. The van der Waals surface area contributed by atoms with Crippen LogP contribution in [0.15, 0.2) is 0 Å². The lowest BCUT2D eigenvalue weighted by molar-refractivity contribution is -0.000941. The van der Waals surface area contributed by atoms with Crippen LogP contribution in [0.25, 0.3) is 0 Å². The van der Waals surface area contributed by atoms with Crippen molar-refractivity contribution in [3.63, 3.8) is 0 Å². The normalized spacial score (nSPS) is 20.2. The van der Waals surface area contributed by atoms with Crippen LogP contribution in [0.4, 0.5) is 0 Å². The minimum Gasteiger partial charge on any atom is -0.395 e. The van der Waals surface area contributed by atoms with Crippen molar-refractivity contribution in [3.8, 4) is 0 Å². The highest BCUT2D eigenvalue weighted by Crippen LogP contribution is 2.30. The van der Waals surface area contributed by atoms with Crippen LogP contribution in [-0.4, -0.2) is 63.2 Å². The van der Waals surface area contributed by atoms with Gasteiger partial charge >= 0.3 is 0 Å². The van der Waals surface area contributed by atoms with Gasteiger partial charge in [0.05, 0.1) is 13.2 Å². The first-order chi connectivity index (χ1) is 7.70. The highest BCUT2D eigenvalue weighted by molar-refractivity contribution is 4.81. The summed E-state index contributed by atoms with van der Waals surface area (Å²) in [5, 5.41) is 9.04. The summed E-state index contributed by atoms with van der Waals surface area (Å²) < 4.78 is 10.5. The topological polar surface area (TPSA) is 41.9 Å². The van der Waals surface area contributed by atoms with Crippen molar-refractivity contribution in [2.75, 3.05) is 53.2 Å². The van der Waals surface area contributed by atoms with Crippen LogP contribution >= 0.6 is 0 Å². The molecule has 1 heterocycles. The van der Waals surface area contributed by atoms with Crippen molar-refractivity contribution in [1.82, 2.24) is 4.90 Å². The van der Waals surface area contributed by atoms with E-state index in [2.05, 4.69) is 11.8 Å². The standard InChI is InChI=1S/C12H25NO3/c1-12(3-8-16-9-4-12)11-13(5-7-14)6-10-15-2/h14H,3-11H2,1-2H3. The van der Waals surface area contributed by atoms with E-state index in [9.17, 15) is 0 Å². The Morgan fingerprint density at radius 2 is 2.00 bits per heavy atom. The Morgan fingerprint density at radius 1 is 1.31 bits per heavy atom. The molecule has 0 spiro atoms. The number of hydrogen-bond acceptors (Lipinski definition) is 4. The van der Waals surface area contributed by atoms with Crippen LogP contribution in [0, 0.1) is 5.41 Å². The summed E-state index contributed by atoms with van der Waals surface area (Å²) in [6.07, 6.45) is 2.23. The van der Waals surface area contributed by atoms with E-state index < -0.39 is 0 Å². The first-order valence-corrected chi connectivity index (χ1v) is 6.10. The first kappa shape index (κ1) is 13.9. The molecule has 1 aliphatic rings. The summed E-state index contributed by atoms with van der Waals surface area (Å²) in [5.41, 5.74) is 0.334. The Bertz CT molecular complexity index is 181. The van der Waals surface area contributed by atoms with Crippen molar-refractivity contribution in [1.29, 1.82) is 0 Å². The van der Waals surface area contributed by atoms with Gasteiger partial charge in [0.1, 0.15) is 0 Å². The van der Waals surface area contributed by atoms with E-state index >= 15 is 0 Å². The lowest BCUT2D eigenvalue weighted by Crippen LogP contribution is -2.42. The van der Waals surface area contributed by atoms with Gasteiger partial charge in [0.2, 0.25) is 0 Å². The van der Waals surface area contributed by atoms with E-state index in [0.717, 1.165) is 52.3 Å². The average molecular weight is 231 g/mol. The summed E-state index contributed by atoms with van der Waals surface area (Å²) in [4.78, 5) is 2.29. The van der Waals surface area contributed by atoms with Crippen LogP contribution in [0.2, 0.25) is 0 Å². The van der Waals surface area contributed by atoms with Gasteiger partial charge in [0, 0.05) is 40.0 Å². The number of rotatable bonds is 7. The molecule has 0 atom stereocenters. The van der Waals surface area contributed by atoms with E-state index in [-0.39, 0.29) is 6.61 Å². The molecule has 0 aromatic heterocycles. The molecule has 0 amide bonds. The third-order valence-electron chi connectivity index (χ3n) is 3.33. The lowest BCUT2D eigenvalue weighted by atomic mass is 9.82. The summed E-state index contributed by atoms with van der Waals surface area (Å²) in [6.45, 7) is 7.66. The maximum atomic E-state index is 9.04. The van der Waals surface area contributed by atoms with Crippen LogP contribution in [0.5, 0.6) is 0 Å². The van der Waals surface area contributed by atoms with Crippen molar-refractivity contribution >= 4 is 0 Å². The summed E-state index contributed by atoms with van der Waals surface area (Å²) in [7, 11) is 1.72. The second kappa shape index (κ2) is 7.22. The number of hydrogen-bond donors (Lipinski definition) is 1. The smallest absolute Gasteiger partial charge is 0.0589 e. The number of nitrogens with zero attached hydrogens (tertiary/aromatic N) is 1. The van der Waals surface area contributed by atoms with E-state index in [4.69, 9.17) is 14.6 Å².